The molecule has 0 radical (unpaired) electrons. The predicted molar refractivity (Wildman–Crippen MR) is 95.0 cm³/mol. The van der Waals surface area contributed by atoms with Crippen molar-refractivity contribution in [1.82, 2.24) is 0 Å². The van der Waals surface area contributed by atoms with Crippen molar-refractivity contribution < 1.29 is 14.3 Å². The van der Waals surface area contributed by atoms with Gasteiger partial charge in [0.1, 0.15) is 5.75 Å². The van der Waals surface area contributed by atoms with Crippen molar-refractivity contribution in [2.75, 3.05) is 0 Å². The molecule has 5 nitrogen and oxygen atoms in total. The van der Waals surface area contributed by atoms with Crippen LogP contribution in [0.1, 0.15) is 15.9 Å². The number of carbonyl (C=O) groups is 2. The maximum atomic E-state index is 12.1. The summed E-state index contributed by atoms with van der Waals surface area (Å²) in [5.41, 5.74) is 6.57. The molecule has 0 unspecified atom stereocenters. The van der Waals surface area contributed by atoms with E-state index in [1.807, 2.05) is 0 Å². The van der Waals surface area contributed by atoms with Gasteiger partial charge in [-0.15, -0.1) is 0 Å². The van der Waals surface area contributed by atoms with Gasteiger partial charge >= 0.3 is 5.97 Å². The van der Waals surface area contributed by atoms with Crippen LogP contribution in [0.15, 0.2) is 58.4 Å². The molecule has 0 saturated carbocycles. The predicted octanol–water partition coefficient (Wildman–Crippen LogP) is 3.49. The zero-order valence-electron chi connectivity index (χ0n) is 12.2. The minimum absolute atomic E-state index is 0.233. The summed E-state index contributed by atoms with van der Waals surface area (Å²) in [6.07, 6.45) is 1.68. The first-order valence-electron chi connectivity index (χ1n) is 6.88. The van der Waals surface area contributed by atoms with Crippen molar-refractivity contribution in [3.8, 4) is 5.75 Å². The Morgan fingerprint density at radius 2 is 1.88 bits per heavy atom. The Labute approximate surface area is 147 Å². The van der Waals surface area contributed by atoms with Gasteiger partial charge in [0.25, 0.3) is 5.91 Å². The van der Waals surface area contributed by atoms with Crippen LogP contribution in [-0.4, -0.2) is 17.0 Å². The fourth-order valence-corrected chi connectivity index (χ4v) is 2.89. The molecule has 0 spiro atoms. The minimum atomic E-state index is -0.533. The van der Waals surface area contributed by atoms with E-state index in [9.17, 15) is 9.59 Å². The zero-order chi connectivity index (χ0) is 17.1. The lowest BCUT2D eigenvalue weighted by Gasteiger charge is -2.06. The summed E-state index contributed by atoms with van der Waals surface area (Å²) in [6, 6.07) is 13.4. The molecule has 2 aromatic carbocycles. The Morgan fingerprint density at radius 3 is 2.50 bits per heavy atom. The summed E-state index contributed by atoms with van der Waals surface area (Å²) in [5.74, 6) is -0.510. The average Bonchev–Trinajstić information content (AvgIpc) is 2.87. The number of hydrogen-bond donors (Lipinski definition) is 1. The molecule has 0 aromatic heterocycles. The second-order valence-corrected chi connectivity index (χ2v) is 6.27. The lowest BCUT2D eigenvalue weighted by molar-refractivity contribution is -0.113. The third-order valence-electron chi connectivity index (χ3n) is 3.12. The number of rotatable bonds is 3. The first kappa shape index (κ1) is 16.3. The fourth-order valence-electron chi connectivity index (χ4n) is 2.00. The van der Waals surface area contributed by atoms with Crippen LogP contribution in [0.4, 0.5) is 0 Å². The van der Waals surface area contributed by atoms with Crippen molar-refractivity contribution in [3.05, 3.63) is 69.6 Å². The van der Waals surface area contributed by atoms with Crippen LogP contribution in [-0.2, 0) is 4.79 Å². The molecule has 120 valence electrons. The van der Waals surface area contributed by atoms with E-state index in [4.69, 9.17) is 22.1 Å². The van der Waals surface area contributed by atoms with Gasteiger partial charge in [-0.2, -0.15) is 4.99 Å². The lowest BCUT2D eigenvalue weighted by atomic mass is 10.2. The lowest BCUT2D eigenvalue weighted by Crippen LogP contribution is -2.08. The minimum Gasteiger partial charge on any atom is -0.423 e. The number of amides is 1. The van der Waals surface area contributed by atoms with Crippen LogP contribution >= 0.6 is 23.4 Å². The van der Waals surface area contributed by atoms with E-state index in [-0.39, 0.29) is 11.1 Å². The molecule has 0 atom stereocenters. The number of ether oxygens (including phenoxy) is 1. The molecule has 2 aromatic rings. The molecular weight excluding hydrogens is 348 g/mol. The molecule has 1 aliphatic rings. The zero-order valence-corrected chi connectivity index (χ0v) is 13.8. The van der Waals surface area contributed by atoms with Crippen molar-refractivity contribution >= 4 is 46.5 Å². The molecule has 1 amide bonds. The molecule has 0 fully saturated rings. The third-order valence-corrected chi connectivity index (χ3v) is 4.26. The van der Waals surface area contributed by atoms with Gasteiger partial charge in [0, 0.05) is 0 Å². The highest BCUT2D eigenvalue weighted by atomic mass is 35.5. The van der Waals surface area contributed by atoms with Gasteiger partial charge in [0.05, 0.1) is 15.5 Å². The number of esters is 1. The molecule has 1 heterocycles. The third kappa shape index (κ3) is 3.67. The van der Waals surface area contributed by atoms with E-state index in [2.05, 4.69) is 4.99 Å². The van der Waals surface area contributed by atoms with Crippen LogP contribution in [0.25, 0.3) is 6.08 Å². The Hall–Kier alpha value is -2.57. The van der Waals surface area contributed by atoms with E-state index < -0.39 is 5.97 Å². The smallest absolute Gasteiger partial charge is 0.345 e. The van der Waals surface area contributed by atoms with Gasteiger partial charge < -0.3 is 10.5 Å². The SMILES string of the molecule is NC1=NC(=O)C(=Cc2ccc(OC(=O)c3ccccc3Cl)cc2)S1. The maximum absolute atomic E-state index is 12.1. The van der Waals surface area contributed by atoms with Crippen molar-refractivity contribution in [3.63, 3.8) is 0 Å². The largest absolute Gasteiger partial charge is 0.423 e. The first-order valence-corrected chi connectivity index (χ1v) is 8.07. The topological polar surface area (TPSA) is 81.8 Å². The van der Waals surface area contributed by atoms with Gasteiger partial charge in [0.2, 0.25) is 0 Å². The Bertz CT molecular complexity index is 876. The Morgan fingerprint density at radius 1 is 1.17 bits per heavy atom. The summed E-state index contributed by atoms with van der Waals surface area (Å²) >= 11 is 7.09. The molecule has 0 aliphatic carbocycles. The quantitative estimate of drug-likeness (QED) is 0.516. The van der Waals surface area contributed by atoms with Gasteiger partial charge in [-0.3, -0.25) is 4.79 Å². The second kappa shape index (κ2) is 6.90. The normalized spacial score (nSPS) is 15.5. The summed E-state index contributed by atoms with van der Waals surface area (Å²) in [4.78, 5) is 27.7. The van der Waals surface area contributed by atoms with E-state index in [1.54, 1.807) is 54.6 Å². The fraction of sp³-hybridized carbons (Fsp3) is 0. The highest BCUT2D eigenvalue weighted by molar-refractivity contribution is 8.18. The number of nitrogens with zero attached hydrogens (tertiary/aromatic N) is 1. The summed E-state index contributed by atoms with van der Waals surface area (Å²) < 4.78 is 5.29. The highest BCUT2D eigenvalue weighted by Gasteiger charge is 2.19. The van der Waals surface area contributed by atoms with Crippen LogP contribution in [0.3, 0.4) is 0 Å². The molecule has 3 rings (SSSR count). The standard InChI is InChI=1S/C17H11ClN2O3S/c18-13-4-2-1-3-12(13)16(22)23-11-7-5-10(6-8-11)9-14-15(21)20-17(19)24-14/h1-9H,(H2,19,20,21). The maximum Gasteiger partial charge on any atom is 0.345 e. The van der Waals surface area contributed by atoms with Gasteiger partial charge in [-0.05, 0) is 47.7 Å². The number of aliphatic imine (C=N–C) groups is 1. The number of halogens is 1. The van der Waals surface area contributed by atoms with Gasteiger partial charge in [-0.1, -0.05) is 35.9 Å². The van der Waals surface area contributed by atoms with E-state index in [0.717, 1.165) is 17.3 Å². The molecule has 2 N–H and O–H groups in total. The first-order chi connectivity index (χ1) is 11.5. The molecule has 1 aliphatic heterocycles. The highest BCUT2D eigenvalue weighted by Crippen LogP contribution is 2.27. The van der Waals surface area contributed by atoms with Crippen LogP contribution in [0.5, 0.6) is 5.75 Å². The number of carbonyl (C=O) groups excluding carboxylic acids is 2. The summed E-state index contributed by atoms with van der Waals surface area (Å²) in [7, 11) is 0. The van der Waals surface area contributed by atoms with Gasteiger partial charge in [-0.25, -0.2) is 4.79 Å². The molecule has 24 heavy (non-hydrogen) atoms. The van der Waals surface area contributed by atoms with Crippen molar-refractivity contribution in [2.24, 2.45) is 10.7 Å². The molecule has 0 saturated heterocycles. The van der Waals surface area contributed by atoms with Crippen LogP contribution in [0, 0.1) is 0 Å². The van der Waals surface area contributed by atoms with E-state index in [0.29, 0.717) is 21.2 Å². The molecule has 7 heteroatoms. The summed E-state index contributed by atoms with van der Waals surface area (Å²) in [5, 5.41) is 0.565. The van der Waals surface area contributed by atoms with E-state index in [1.165, 1.54) is 0 Å². The number of amidine groups is 1. The number of benzene rings is 2. The average molecular weight is 359 g/mol. The Kier molecular flexibility index (Phi) is 4.69. The number of nitrogens with two attached hydrogens (primary N) is 1. The number of thioether (sulfide) groups is 1. The van der Waals surface area contributed by atoms with Crippen LogP contribution < -0.4 is 10.5 Å². The van der Waals surface area contributed by atoms with E-state index >= 15 is 0 Å². The van der Waals surface area contributed by atoms with Gasteiger partial charge in [0.15, 0.2) is 5.17 Å². The number of hydrogen-bond acceptors (Lipinski definition) is 5. The van der Waals surface area contributed by atoms with Crippen molar-refractivity contribution in [1.29, 1.82) is 0 Å². The van der Waals surface area contributed by atoms with Crippen molar-refractivity contribution in [2.45, 2.75) is 0 Å². The Balaban J connectivity index is 1.72. The monoisotopic (exact) mass is 358 g/mol. The molecule has 0 bridgehead atoms. The van der Waals surface area contributed by atoms with Crippen LogP contribution in [0.2, 0.25) is 5.02 Å². The molecular formula is C17H11ClN2O3S. The summed E-state index contributed by atoms with van der Waals surface area (Å²) in [6.45, 7) is 0. The second-order valence-electron chi connectivity index (χ2n) is 4.80.